The first-order chi connectivity index (χ1) is 21.1. The Balaban J connectivity index is 1.18. The predicted octanol–water partition coefficient (Wildman–Crippen LogP) is 4.66. The van der Waals surface area contributed by atoms with Crippen LogP contribution in [0.2, 0.25) is 0 Å². The van der Waals surface area contributed by atoms with Gasteiger partial charge < -0.3 is 25.4 Å². The van der Waals surface area contributed by atoms with Gasteiger partial charge in [-0.2, -0.15) is 0 Å². The van der Waals surface area contributed by atoms with E-state index >= 15 is 0 Å². The standard InChI is InChI=1S/C37H39NO6/c1-35-16-14-27(40)19-25(35)12-13-28-29-20-32-37(31(42)15-17-39,36(29,2)21-30(41)33(28)35)44-34(43-32)24-10-8-22(9-11-24)6-7-23-4-3-5-26(38)18-23/h3-5,8-11,14,16,18-19,28-30,32-34,39,41H,12-13,15,17,20-21,38H2,1-2H3/t28-,29-,30-,32+,33+,34-,35-,36-,37+/m0/s1. The molecule has 4 aliphatic carbocycles. The van der Waals surface area contributed by atoms with Crippen molar-refractivity contribution in [2.45, 2.75) is 70.1 Å². The summed E-state index contributed by atoms with van der Waals surface area (Å²) in [6.07, 6.45) is 6.03. The summed E-state index contributed by atoms with van der Waals surface area (Å²) in [5.41, 5.74) is 7.70. The summed E-state index contributed by atoms with van der Waals surface area (Å²) in [5, 5.41) is 21.7. The molecule has 4 N–H and O–H groups in total. The SMILES string of the molecule is C[C@]12C=CC(=O)C=C1CC[C@@H]1[C@@H]2[C@@H](O)C[C@@]2(C)[C@H]1C[C@H]1O[C@H](c3ccc(C#Cc4cccc(N)c4)cc3)O[C@]12C(=O)CCO. The number of aliphatic hydroxyl groups excluding tert-OH is 2. The van der Waals surface area contributed by atoms with E-state index in [1.54, 1.807) is 12.2 Å². The van der Waals surface area contributed by atoms with E-state index in [0.717, 1.165) is 35.1 Å². The van der Waals surface area contributed by atoms with Gasteiger partial charge in [0.1, 0.15) is 0 Å². The number of hydrogen-bond acceptors (Lipinski definition) is 7. The van der Waals surface area contributed by atoms with Crippen LogP contribution in [0.15, 0.2) is 72.3 Å². The summed E-state index contributed by atoms with van der Waals surface area (Å²) < 4.78 is 13.4. The van der Waals surface area contributed by atoms with Crippen LogP contribution in [-0.4, -0.2) is 46.2 Å². The first kappa shape index (κ1) is 29.2. The number of benzene rings is 2. The third kappa shape index (κ3) is 4.27. The maximum Gasteiger partial charge on any atom is 0.185 e. The van der Waals surface area contributed by atoms with E-state index in [1.807, 2.05) is 54.6 Å². The number of nitrogen functional groups attached to an aromatic ring is 1. The van der Waals surface area contributed by atoms with Gasteiger partial charge in [0.05, 0.1) is 18.8 Å². The highest BCUT2D eigenvalue weighted by molar-refractivity contribution is 6.01. The summed E-state index contributed by atoms with van der Waals surface area (Å²) in [5.74, 6) is 6.29. The van der Waals surface area contributed by atoms with Gasteiger partial charge in [-0.05, 0) is 80.0 Å². The van der Waals surface area contributed by atoms with Gasteiger partial charge in [0.15, 0.2) is 23.5 Å². The molecular weight excluding hydrogens is 554 g/mol. The smallest absolute Gasteiger partial charge is 0.185 e. The number of ketones is 2. The Labute approximate surface area is 258 Å². The lowest BCUT2D eigenvalue weighted by Crippen LogP contribution is -2.63. The lowest BCUT2D eigenvalue weighted by molar-refractivity contribution is -0.200. The molecule has 0 unspecified atom stereocenters. The number of ether oxygens (including phenoxy) is 2. The average molecular weight is 594 g/mol. The van der Waals surface area contributed by atoms with Gasteiger partial charge >= 0.3 is 0 Å². The van der Waals surface area contributed by atoms with Crippen molar-refractivity contribution in [3.05, 3.63) is 89.0 Å². The number of allylic oxidation sites excluding steroid dienone is 4. The normalized spacial score (nSPS) is 38.5. The molecule has 0 amide bonds. The number of carbonyl (C=O) groups excluding carboxylic acids is 2. The van der Waals surface area contributed by atoms with E-state index < -0.39 is 34.9 Å². The Morgan fingerprint density at radius 2 is 1.89 bits per heavy atom. The summed E-state index contributed by atoms with van der Waals surface area (Å²) in [4.78, 5) is 26.2. The van der Waals surface area contributed by atoms with Gasteiger partial charge in [-0.3, -0.25) is 9.59 Å². The Morgan fingerprint density at radius 3 is 2.64 bits per heavy atom. The molecule has 7 heteroatoms. The van der Waals surface area contributed by atoms with Crippen LogP contribution < -0.4 is 5.73 Å². The number of Topliss-reactive ketones (excluding diaryl/α,β-unsaturated/α-hetero) is 1. The molecule has 5 aliphatic rings. The van der Waals surface area contributed by atoms with Crippen LogP contribution in [0.1, 0.15) is 68.9 Å². The molecule has 3 saturated carbocycles. The molecule has 0 radical (unpaired) electrons. The molecule has 0 aromatic heterocycles. The minimum atomic E-state index is -1.28. The third-order valence-electron chi connectivity index (χ3n) is 11.4. The maximum absolute atomic E-state index is 14.0. The molecule has 1 aliphatic heterocycles. The van der Waals surface area contributed by atoms with E-state index in [2.05, 4.69) is 25.7 Å². The minimum Gasteiger partial charge on any atom is -0.399 e. The zero-order valence-corrected chi connectivity index (χ0v) is 25.2. The van der Waals surface area contributed by atoms with Crippen molar-refractivity contribution >= 4 is 17.3 Å². The molecule has 228 valence electrons. The molecule has 0 bridgehead atoms. The zero-order chi connectivity index (χ0) is 30.9. The number of anilines is 1. The molecule has 0 spiro atoms. The highest BCUT2D eigenvalue weighted by Gasteiger charge is 2.75. The Morgan fingerprint density at radius 1 is 1.11 bits per heavy atom. The monoisotopic (exact) mass is 593 g/mol. The highest BCUT2D eigenvalue weighted by atomic mass is 16.7. The van der Waals surface area contributed by atoms with Crippen LogP contribution in [0.3, 0.4) is 0 Å². The topological polar surface area (TPSA) is 119 Å². The van der Waals surface area contributed by atoms with E-state index in [9.17, 15) is 19.8 Å². The molecule has 1 heterocycles. The second kappa shape index (κ2) is 10.5. The third-order valence-corrected chi connectivity index (χ3v) is 11.4. The van der Waals surface area contributed by atoms with E-state index in [1.165, 1.54) is 0 Å². The first-order valence-corrected chi connectivity index (χ1v) is 15.7. The molecule has 7 nitrogen and oxygen atoms in total. The van der Waals surface area contributed by atoms with Crippen molar-refractivity contribution in [3.8, 4) is 11.8 Å². The molecule has 1 saturated heterocycles. The van der Waals surface area contributed by atoms with Crippen LogP contribution in [-0.2, 0) is 19.1 Å². The van der Waals surface area contributed by atoms with Crippen molar-refractivity contribution in [2.24, 2.45) is 28.6 Å². The fraction of sp³-hybridized carbons (Fsp3) is 0.459. The van der Waals surface area contributed by atoms with Gasteiger partial charge in [0, 0.05) is 45.5 Å². The number of carbonyl (C=O) groups is 2. The summed E-state index contributed by atoms with van der Waals surface area (Å²) >= 11 is 0. The molecular formula is C37H39NO6. The maximum atomic E-state index is 14.0. The Hall–Kier alpha value is -3.54. The second-order valence-corrected chi connectivity index (χ2v) is 13.7. The van der Waals surface area contributed by atoms with Crippen molar-refractivity contribution in [2.75, 3.05) is 12.3 Å². The van der Waals surface area contributed by atoms with Gasteiger partial charge in [-0.15, -0.1) is 0 Å². The highest BCUT2D eigenvalue weighted by Crippen LogP contribution is 2.70. The van der Waals surface area contributed by atoms with Gasteiger partial charge in [0.2, 0.25) is 0 Å². The average Bonchev–Trinajstić information content (AvgIpc) is 3.50. The number of fused-ring (bicyclic) bond motifs is 7. The first-order valence-electron chi connectivity index (χ1n) is 15.7. The summed E-state index contributed by atoms with van der Waals surface area (Å²) in [6.45, 7) is 3.95. The Bertz CT molecular complexity index is 1630. The molecule has 2 aromatic rings. The van der Waals surface area contributed by atoms with E-state index in [-0.39, 0.29) is 42.3 Å². The molecule has 9 atom stereocenters. The van der Waals surface area contributed by atoms with E-state index in [0.29, 0.717) is 18.5 Å². The fourth-order valence-electron chi connectivity index (χ4n) is 9.49. The molecule has 7 rings (SSSR count). The van der Waals surface area contributed by atoms with Crippen LogP contribution in [0, 0.1) is 40.4 Å². The fourth-order valence-corrected chi connectivity index (χ4v) is 9.49. The lowest BCUT2D eigenvalue weighted by Gasteiger charge is -2.59. The number of rotatable bonds is 4. The van der Waals surface area contributed by atoms with Crippen molar-refractivity contribution in [3.63, 3.8) is 0 Å². The second-order valence-electron chi connectivity index (χ2n) is 13.7. The van der Waals surface area contributed by atoms with Crippen LogP contribution in [0.25, 0.3) is 0 Å². The molecule has 4 fully saturated rings. The van der Waals surface area contributed by atoms with E-state index in [4.69, 9.17) is 15.2 Å². The molecule has 2 aromatic carbocycles. The number of nitrogens with two attached hydrogens (primary N) is 1. The number of hydrogen-bond donors (Lipinski definition) is 3. The molecule has 44 heavy (non-hydrogen) atoms. The summed E-state index contributed by atoms with van der Waals surface area (Å²) in [7, 11) is 0. The van der Waals surface area contributed by atoms with Crippen molar-refractivity contribution in [1.29, 1.82) is 0 Å². The van der Waals surface area contributed by atoms with Crippen LogP contribution in [0.5, 0.6) is 0 Å². The number of aliphatic hydroxyl groups is 2. The van der Waals surface area contributed by atoms with Crippen molar-refractivity contribution < 1.29 is 29.3 Å². The largest absolute Gasteiger partial charge is 0.399 e. The van der Waals surface area contributed by atoms with Crippen molar-refractivity contribution in [1.82, 2.24) is 0 Å². The Kier molecular flexibility index (Phi) is 6.98. The zero-order valence-electron chi connectivity index (χ0n) is 25.2. The quantitative estimate of drug-likeness (QED) is 0.349. The minimum absolute atomic E-state index is 0.00399. The van der Waals surface area contributed by atoms with Gasteiger partial charge in [-0.25, -0.2) is 0 Å². The van der Waals surface area contributed by atoms with Gasteiger partial charge in [-0.1, -0.05) is 55.5 Å². The predicted molar refractivity (Wildman–Crippen MR) is 165 cm³/mol. The van der Waals surface area contributed by atoms with Crippen LogP contribution >= 0.6 is 0 Å². The lowest BCUT2D eigenvalue weighted by atomic mass is 9.46. The van der Waals surface area contributed by atoms with Gasteiger partial charge in [0.25, 0.3) is 0 Å². The summed E-state index contributed by atoms with van der Waals surface area (Å²) in [6, 6.07) is 15.1. The van der Waals surface area contributed by atoms with Crippen LogP contribution in [0.4, 0.5) is 5.69 Å².